The molecule has 0 aromatic carbocycles. The van der Waals surface area contributed by atoms with E-state index in [1.807, 2.05) is 7.05 Å². The molecular formula is C9H17BF4N2OSi. The van der Waals surface area contributed by atoms with Gasteiger partial charge in [0.2, 0.25) is 6.33 Å². The third-order valence-corrected chi connectivity index (χ3v) is 4.07. The molecule has 18 heavy (non-hydrogen) atoms. The summed E-state index contributed by atoms with van der Waals surface area (Å²) in [7, 11) is -2.90. The Morgan fingerprint density at radius 2 is 1.94 bits per heavy atom. The lowest BCUT2D eigenvalue weighted by Gasteiger charge is -2.30. The van der Waals surface area contributed by atoms with Crippen LogP contribution in [0.15, 0.2) is 18.7 Å². The third-order valence-electron chi connectivity index (χ3n) is 2.76. The Kier molecular flexibility index (Phi) is 4.97. The van der Waals surface area contributed by atoms with Gasteiger partial charge in [-0.2, -0.15) is 0 Å². The van der Waals surface area contributed by atoms with Gasteiger partial charge in [-0.1, -0.05) is 0 Å². The van der Waals surface area contributed by atoms with Crippen LogP contribution in [-0.2, 0) is 17.1 Å². The molecule has 1 aromatic rings. The molecule has 3 nitrogen and oxygen atoms in total. The molecule has 0 spiro atoms. The molecule has 2 rings (SSSR count). The molecule has 2 heterocycles. The van der Waals surface area contributed by atoms with Crippen molar-refractivity contribution in [2.75, 3.05) is 6.61 Å². The lowest BCUT2D eigenvalue weighted by atomic mass is 10.2. The van der Waals surface area contributed by atoms with Gasteiger partial charge in [0.25, 0.3) is 0 Å². The molecule has 9 heteroatoms. The summed E-state index contributed by atoms with van der Waals surface area (Å²) in [4.78, 5) is 0. The highest BCUT2D eigenvalue weighted by Crippen LogP contribution is 2.20. The zero-order chi connectivity index (χ0) is 13.8. The van der Waals surface area contributed by atoms with Gasteiger partial charge in [-0.15, -0.1) is 0 Å². The average Bonchev–Trinajstić information content (AvgIpc) is 2.64. The topological polar surface area (TPSA) is 18.0 Å². The Bertz CT molecular complexity index is 373. The first kappa shape index (κ1) is 15.2. The van der Waals surface area contributed by atoms with Crippen molar-refractivity contribution in [1.82, 2.24) is 4.57 Å². The molecule has 0 saturated carbocycles. The highest BCUT2D eigenvalue weighted by molar-refractivity contribution is 6.50. The zero-order valence-electron chi connectivity index (χ0n) is 10.5. The number of ether oxygens (including phenoxy) is 1. The summed E-state index contributed by atoms with van der Waals surface area (Å²) in [6.45, 7) is 0.922. The Labute approximate surface area is 106 Å². The first-order valence-corrected chi connectivity index (χ1v) is 6.76. The summed E-state index contributed by atoms with van der Waals surface area (Å²) in [5.41, 5.74) is 0. The predicted octanol–water partition coefficient (Wildman–Crippen LogP) is 0.789. The Morgan fingerprint density at radius 1 is 1.33 bits per heavy atom. The third kappa shape index (κ3) is 5.22. The number of nitrogens with zero attached hydrogens (tertiary/aromatic N) is 2. The minimum Gasteiger partial charge on any atom is -0.418 e. The number of aromatic nitrogens is 2. The van der Waals surface area contributed by atoms with E-state index in [9.17, 15) is 17.3 Å². The SMILES string of the molecule is Cn1cc[n+](C2([SiH3])CCCCO2)c1.F[B-](F)(F)F. The van der Waals surface area contributed by atoms with Crippen LogP contribution in [0.25, 0.3) is 0 Å². The summed E-state index contributed by atoms with van der Waals surface area (Å²) in [6, 6.07) is 0. The maximum atomic E-state index is 9.75. The van der Waals surface area contributed by atoms with Gasteiger partial charge in [0.1, 0.15) is 12.4 Å². The quantitative estimate of drug-likeness (QED) is 0.423. The minimum atomic E-state index is -6.00. The number of imidazole rings is 1. The fourth-order valence-corrected chi connectivity index (χ4v) is 2.68. The molecule has 1 atom stereocenters. The van der Waals surface area contributed by atoms with Crippen LogP contribution >= 0.6 is 0 Å². The monoisotopic (exact) mass is 284 g/mol. The van der Waals surface area contributed by atoms with Crippen molar-refractivity contribution in [3.05, 3.63) is 18.7 Å². The van der Waals surface area contributed by atoms with Crippen molar-refractivity contribution in [3.63, 3.8) is 0 Å². The molecule has 1 fully saturated rings. The predicted molar refractivity (Wildman–Crippen MR) is 63.5 cm³/mol. The molecule has 0 radical (unpaired) electrons. The van der Waals surface area contributed by atoms with Gasteiger partial charge in [-0.25, -0.2) is 9.13 Å². The molecule has 0 N–H and O–H groups in total. The first-order chi connectivity index (χ1) is 8.21. The highest BCUT2D eigenvalue weighted by atomic mass is 28.1. The fraction of sp³-hybridized carbons (Fsp3) is 0.667. The number of rotatable bonds is 1. The van der Waals surface area contributed by atoms with E-state index in [1.165, 1.54) is 19.3 Å². The molecule has 1 aromatic heterocycles. The van der Waals surface area contributed by atoms with Gasteiger partial charge < -0.3 is 22.0 Å². The van der Waals surface area contributed by atoms with E-state index in [0.717, 1.165) is 16.8 Å². The summed E-state index contributed by atoms with van der Waals surface area (Å²) in [5.74, 6) is 0. The molecule has 1 aliphatic heterocycles. The second-order valence-electron chi connectivity index (χ2n) is 4.46. The van der Waals surface area contributed by atoms with E-state index < -0.39 is 7.25 Å². The molecular weight excluding hydrogens is 267 g/mol. The van der Waals surface area contributed by atoms with Crippen LogP contribution < -0.4 is 4.57 Å². The summed E-state index contributed by atoms with van der Waals surface area (Å²) in [5, 5.41) is 0.0273. The normalized spacial score (nSPS) is 24.5. The van der Waals surface area contributed by atoms with Crippen LogP contribution in [-0.4, -0.2) is 28.7 Å². The molecule has 1 unspecified atom stereocenters. The van der Waals surface area contributed by atoms with Gasteiger partial charge in [-0.05, 0) is 12.8 Å². The van der Waals surface area contributed by atoms with E-state index in [2.05, 4.69) is 27.9 Å². The standard InChI is InChI=1S/C9H17N2OSi.BF4/c1-10-5-6-11(8-10)9(13)4-2-3-7-12-9;2-1(3,4)5/h5-6,8H,2-4,7H2,1,13H3;/q+1;-1. The second kappa shape index (κ2) is 5.87. The van der Waals surface area contributed by atoms with Crippen molar-refractivity contribution in [3.8, 4) is 0 Å². The number of hydrogen-bond acceptors (Lipinski definition) is 1. The molecule has 0 bridgehead atoms. The lowest BCUT2D eigenvalue weighted by molar-refractivity contribution is -0.786. The fourth-order valence-electron chi connectivity index (χ4n) is 1.85. The lowest BCUT2D eigenvalue weighted by Crippen LogP contribution is -2.58. The van der Waals surface area contributed by atoms with Crippen molar-refractivity contribution in [2.45, 2.75) is 24.6 Å². The van der Waals surface area contributed by atoms with Crippen LogP contribution in [0.3, 0.4) is 0 Å². The van der Waals surface area contributed by atoms with Crippen molar-refractivity contribution in [1.29, 1.82) is 0 Å². The summed E-state index contributed by atoms with van der Waals surface area (Å²) in [6.07, 6.45) is 9.98. The average molecular weight is 284 g/mol. The number of hydrogen-bond donors (Lipinski definition) is 0. The van der Waals surface area contributed by atoms with E-state index in [4.69, 9.17) is 4.74 Å². The van der Waals surface area contributed by atoms with Crippen LogP contribution in [0.2, 0.25) is 0 Å². The zero-order valence-corrected chi connectivity index (χ0v) is 12.5. The van der Waals surface area contributed by atoms with E-state index in [1.54, 1.807) is 0 Å². The second-order valence-corrected chi connectivity index (χ2v) is 6.02. The Hall–Kier alpha value is -0.828. The Balaban J connectivity index is 0.000000280. The van der Waals surface area contributed by atoms with Gasteiger partial charge in [0, 0.05) is 6.42 Å². The first-order valence-electron chi connectivity index (χ1n) is 5.76. The smallest absolute Gasteiger partial charge is 0.418 e. The summed E-state index contributed by atoms with van der Waals surface area (Å²) < 4.78 is 49.2. The molecule has 1 aliphatic rings. The Morgan fingerprint density at radius 3 is 2.33 bits per heavy atom. The largest absolute Gasteiger partial charge is 0.673 e. The van der Waals surface area contributed by atoms with Crippen molar-refractivity contribution in [2.24, 2.45) is 7.05 Å². The molecule has 1 saturated heterocycles. The molecule has 0 aliphatic carbocycles. The van der Waals surface area contributed by atoms with Crippen LogP contribution in [0.1, 0.15) is 19.3 Å². The van der Waals surface area contributed by atoms with Crippen LogP contribution in [0.5, 0.6) is 0 Å². The van der Waals surface area contributed by atoms with E-state index >= 15 is 0 Å². The van der Waals surface area contributed by atoms with Crippen molar-refractivity contribution >= 4 is 17.5 Å². The number of halogens is 4. The summed E-state index contributed by atoms with van der Waals surface area (Å²) >= 11 is 0. The van der Waals surface area contributed by atoms with Gasteiger partial charge in [0.15, 0.2) is 5.35 Å². The maximum Gasteiger partial charge on any atom is 0.673 e. The van der Waals surface area contributed by atoms with Gasteiger partial charge in [-0.3, -0.25) is 0 Å². The van der Waals surface area contributed by atoms with Crippen LogP contribution in [0, 0.1) is 0 Å². The van der Waals surface area contributed by atoms with Crippen molar-refractivity contribution < 1.29 is 26.6 Å². The van der Waals surface area contributed by atoms with Gasteiger partial charge in [0.05, 0.1) is 23.9 Å². The molecule has 0 amide bonds. The van der Waals surface area contributed by atoms with E-state index in [-0.39, 0.29) is 5.35 Å². The maximum absolute atomic E-state index is 9.75. The highest BCUT2D eigenvalue weighted by Gasteiger charge is 2.33. The van der Waals surface area contributed by atoms with Crippen LogP contribution in [0.4, 0.5) is 17.3 Å². The van der Waals surface area contributed by atoms with E-state index in [0.29, 0.717) is 0 Å². The number of aryl methyl sites for hydroxylation is 1. The minimum absolute atomic E-state index is 0.0273. The molecule has 104 valence electrons. The van der Waals surface area contributed by atoms with Gasteiger partial charge >= 0.3 is 7.25 Å².